The van der Waals surface area contributed by atoms with Crippen molar-refractivity contribution in [1.29, 1.82) is 0 Å². The molecular formula is C24H27N3O2. The van der Waals surface area contributed by atoms with Gasteiger partial charge in [-0.3, -0.25) is 9.78 Å². The van der Waals surface area contributed by atoms with E-state index in [0.29, 0.717) is 19.0 Å². The fourth-order valence-electron chi connectivity index (χ4n) is 3.76. The van der Waals surface area contributed by atoms with Crippen molar-refractivity contribution in [3.8, 4) is 5.75 Å². The van der Waals surface area contributed by atoms with Crippen molar-refractivity contribution in [2.75, 3.05) is 13.1 Å². The quantitative estimate of drug-likeness (QED) is 0.684. The van der Waals surface area contributed by atoms with Crippen LogP contribution >= 0.6 is 0 Å². The molecule has 0 radical (unpaired) electrons. The number of benzene rings is 1. The lowest BCUT2D eigenvalue weighted by molar-refractivity contribution is -0.137. The summed E-state index contributed by atoms with van der Waals surface area (Å²) in [7, 11) is 0. The van der Waals surface area contributed by atoms with E-state index in [-0.39, 0.29) is 5.91 Å². The van der Waals surface area contributed by atoms with E-state index < -0.39 is 6.10 Å². The highest BCUT2D eigenvalue weighted by molar-refractivity contribution is 5.90. The number of hydrogen-bond acceptors (Lipinski definition) is 3. The van der Waals surface area contributed by atoms with Crippen LogP contribution in [-0.4, -0.2) is 40.0 Å². The molecule has 0 bridgehead atoms. The van der Waals surface area contributed by atoms with Crippen LogP contribution in [0, 0.1) is 0 Å². The highest BCUT2D eigenvalue weighted by atomic mass is 16.5. The van der Waals surface area contributed by atoms with Crippen molar-refractivity contribution in [2.24, 2.45) is 0 Å². The molecule has 150 valence electrons. The molecule has 1 aliphatic heterocycles. The van der Waals surface area contributed by atoms with Crippen LogP contribution in [0.15, 0.2) is 54.9 Å². The molecule has 5 heteroatoms. The Kier molecular flexibility index (Phi) is 5.38. The topological polar surface area (TPSA) is 58.2 Å². The highest BCUT2D eigenvalue weighted by Crippen LogP contribution is 2.28. The van der Waals surface area contributed by atoms with Gasteiger partial charge in [0, 0.05) is 31.0 Å². The van der Waals surface area contributed by atoms with E-state index >= 15 is 0 Å². The molecule has 1 N–H and O–H groups in total. The molecule has 3 aromatic rings. The second kappa shape index (κ2) is 8.11. The molecule has 0 spiro atoms. The van der Waals surface area contributed by atoms with E-state index in [0.717, 1.165) is 28.8 Å². The van der Waals surface area contributed by atoms with Gasteiger partial charge in [-0.15, -0.1) is 0 Å². The average molecular weight is 389 g/mol. The summed E-state index contributed by atoms with van der Waals surface area (Å²) in [6, 6.07) is 12.0. The number of H-pyrrole nitrogens is 1. The third kappa shape index (κ3) is 4.04. The van der Waals surface area contributed by atoms with Crippen LogP contribution in [0.25, 0.3) is 16.6 Å². The number of ether oxygens (including phenoxy) is 1. The number of fused-ring (bicyclic) bond motifs is 1. The fourth-order valence-corrected chi connectivity index (χ4v) is 3.76. The largest absolute Gasteiger partial charge is 0.481 e. The van der Waals surface area contributed by atoms with E-state index in [9.17, 15) is 4.79 Å². The Bertz CT molecular complexity index is 1030. The molecule has 29 heavy (non-hydrogen) atoms. The molecule has 1 aliphatic rings. The van der Waals surface area contributed by atoms with E-state index in [2.05, 4.69) is 42.0 Å². The summed E-state index contributed by atoms with van der Waals surface area (Å²) in [5.74, 6) is 1.23. The van der Waals surface area contributed by atoms with E-state index in [1.165, 1.54) is 11.1 Å². The summed E-state index contributed by atoms with van der Waals surface area (Å²) in [5.41, 5.74) is 5.64. The molecule has 1 aromatic carbocycles. The highest BCUT2D eigenvalue weighted by Gasteiger charge is 2.25. The van der Waals surface area contributed by atoms with Crippen molar-refractivity contribution >= 4 is 22.5 Å². The molecule has 1 atom stereocenters. The third-order valence-electron chi connectivity index (χ3n) is 5.51. The lowest BCUT2D eigenvalue weighted by Gasteiger charge is -2.29. The van der Waals surface area contributed by atoms with Crippen LogP contribution in [0.5, 0.6) is 5.75 Å². The first kappa shape index (κ1) is 19.2. The standard InChI is InChI=1S/C24H27N3O2/c1-16(2)18-6-8-20(9-7-18)29-17(3)24(28)27-13-10-19(11-14-27)21-15-26-22-5-4-12-25-23(21)22/h4-10,12,15-17,26H,11,13-14H2,1-3H3. The first-order valence-corrected chi connectivity index (χ1v) is 10.2. The van der Waals surface area contributed by atoms with E-state index in [4.69, 9.17) is 4.74 Å². The molecule has 1 unspecified atom stereocenters. The predicted octanol–water partition coefficient (Wildman–Crippen LogP) is 4.77. The van der Waals surface area contributed by atoms with Gasteiger partial charge < -0.3 is 14.6 Å². The average Bonchev–Trinajstić information content (AvgIpc) is 3.18. The summed E-state index contributed by atoms with van der Waals surface area (Å²) in [4.78, 5) is 22.5. The summed E-state index contributed by atoms with van der Waals surface area (Å²) in [6.07, 6.45) is 6.25. The van der Waals surface area contributed by atoms with Crippen LogP contribution in [0.1, 0.15) is 44.2 Å². The normalized spacial score (nSPS) is 15.4. The van der Waals surface area contributed by atoms with Gasteiger partial charge >= 0.3 is 0 Å². The minimum atomic E-state index is -0.510. The number of amides is 1. The van der Waals surface area contributed by atoms with Gasteiger partial charge in [-0.1, -0.05) is 32.1 Å². The van der Waals surface area contributed by atoms with Gasteiger partial charge in [-0.2, -0.15) is 0 Å². The molecule has 0 aliphatic carbocycles. The monoisotopic (exact) mass is 389 g/mol. The molecule has 1 amide bonds. The maximum absolute atomic E-state index is 12.8. The van der Waals surface area contributed by atoms with Crippen molar-refractivity contribution in [2.45, 2.75) is 39.2 Å². The molecule has 5 nitrogen and oxygen atoms in total. The van der Waals surface area contributed by atoms with Gasteiger partial charge in [-0.25, -0.2) is 0 Å². The molecule has 4 rings (SSSR count). The number of rotatable bonds is 5. The van der Waals surface area contributed by atoms with Crippen molar-refractivity contribution in [1.82, 2.24) is 14.9 Å². The molecular weight excluding hydrogens is 362 g/mol. The van der Waals surface area contributed by atoms with Gasteiger partial charge in [0.15, 0.2) is 6.10 Å². The van der Waals surface area contributed by atoms with Crippen molar-refractivity contribution < 1.29 is 9.53 Å². The number of carbonyl (C=O) groups excluding carboxylic acids is 1. The summed E-state index contributed by atoms with van der Waals surface area (Å²) in [5, 5.41) is 0. The maximum Gasteiger partial charge on any atom is 0.263 e. The molecule has 3 heterocycles. The smallest absolute Gasteiger partial charge is 0.263 e. The molecule has 2 aromatic heterocycles. The Labute approximate surface area is 171 Å². The van der Waals surface area contributed by atoms with E-state index in [1.54, 1.807) is 0 Å². The van der Waals surface area contributed by atoms with Crippen molar-refractivity contribution in [3.05, 3.63) is 66.0 Å². The Morgan fingerprint density at radius 1 is 1.17 bits per heavy atom. The van der Waals surface area contributed by atoms with Gasteiger partial charge in [0.25, 0.3) is 5.91 Å². The molecule has 0 saturated heterocycles. The van der Waals surface area contributed by atoms with E-state index in [1.807, 2.05) is 48.5 Å². The fraction of sp³-hybridized carbons (Fsp3) is 0.333. The van der Waals surface area contributed by atoms with Gasteiger partial charge in [-0.05, 0) is 54.7 Å². The molecule has 0 saturated carbocycles. The van der Waals surface area contributed by atoms with Gasteiger partial charge in [0.2, 0.25) is 0 Å². The summed E-state index contributed by atoms with van der Waals surface area (Å²) >= 11 is 0. The Morgan fingerprint density at radius 2 is 1.97 bits per heavy atom. The summed E-state index contributed by atoms with van der Waals surface area (Å²) in [6.45, 7) is 7.41. The predicted molar refractivity (Wildman–Crippen MR) is 116 cm³/mol. The zero-order chi connectivity index (χ0) is 20.4. The lowest BCUT2D eigenvalue weighted by Crippen LogP contribution is -2.42. The number of pyridine rings is 1. The number of carbonyl (C=O) groups is 1. The second-order valence-electron chi connectivity index (χ2n) is 7.85. The summed E-state index contributed by atoms with van der Waals surface area (Å²) < 4.78 is 5.89. The first-order valence-electron chi connectivity index (χ1n) is 10.2. The van der Waals surface area contributed by atoms with Gasteiger partial charge in [0.1, 0.15) is 5.75 Å². The molecule has 0 fully saturated rings. The van der Waals surface area contributed by atoms with Gasteiger partial charge in [0.05, 0.1) is 11.0 Å². The zero-order valence-electron chi connectivity index (χ0n) is 17.2. The Morgan fingerprint density at radius 3 is 2.66 bits per heavy atom. The van der Waals surface area contributed by atoms with Crippen LogP contribution in [0.4, 0.5) is 0 Å². The number of aromatic nitrogens is 2. The Balaban J connectivity index is 1.40. The number of aromatic amines is 1. The maximum atomic E-state index is 12.8. The van der Waals surface area contributed by atoms with Crippen LogP contribution in [0.2, 0.25) is 0 Å². The lowest BCUT2D eigenvalue weighted by atomic mass is 10.0. The zero-order valence-corrected chi connectivity index (χ0v) is 17.2. The van der Waals surface area contributed by atoms with Crippen LogP contribution < -0.4 is 4.74 Å². The number of hydrogen-bond donors (Lipinski definition) is 1. The minimum Gasteiger partial charge on any atom is -0.481 e. The number of nitrogens with zero attached hydrogens (tertiary/aromatic N) is 2. The first-order chi connectivity index (χ1) is 14.0. The Hall–Kier alpha value is -3.08. The third-order valence-corrected chi connectivity index (χ3v) is 5.51. The van der Waals surface area contributed by atoms with Crippen molar-refractivity contribution in [3.63, 3.8) is 0 Å². The SMILES string of the molecule is CC(Oc1ccc(C(C)C)cc1)C(=O)N1CC=C(c2c[nH]c3cccnc23)CC1. The number of nitrogens with one attached hydrogen (secondary N) is 1. The second-order valence-corrected chi connectivity index (χ2v) is 7.85. The van der Waals surface area contributed by atoms with Crippen LogP contribution in [-0.2, 0) is 4.79 Å². The minimum absolute atomic E-state index is 0.0188. The van der Waals surface area contributed by atoms with Crippen LogP contribution in [0.3, 0.4) is 0 Å².